The van der Waals surface area contributed by atoms with E-state index in [1.165, 1.54) is 6.20 Å². The van der Waals surface area contributed by atoms with Crippen LogP contribution in [0.15, 0.2) is 59.3 Å². The zero-order valence-corrected chi connectivity index (χ0v) is 16.9. The molecule has 0 aliphatic heterocycles. The summed E-state index contributed by atoms with van der Waals surface area (Å²) in [6.07, 6.45) is 5.12. The minimum absolute atomic E-state index is 0.0388. The van der Waals surface area contributed by atoms with Crippen molar-refractivity contribution in [1.29, 1.82) is 0 Å². The Morgan fingerprint density at radius 2 is 1.86 bits per heavy atom. The standard InChI is InChI=1S/C21H19BrN4O2/c1-13-2-7-17(24-20(27)14-3-4-14)10-19(13)25-21(28)15-11-23-26(12-15)18-8-5-16(22)6-9-18/h2,5-12,14H,3-4H2,1H3,(H,24,27)(H,25,28). The summed E-state index contributed by atoms with van der Waals surface area (Å²) >= 11 is 3.40. The number of halogens is 1. The largest absolute Gasteiger partial charge is 0.326 e. The first kappa shape index (κ1) is 18.4. The third-order valence-corrected chi connectivity index (χ3v) is 5.17. The zero-order valence-electron chi connectivity index (χ0n) is 15.3. The molecule has 1 fully saturated rings. The summed E-state index contributed by atoms with van der Waals surface area (Å²) in [7, 11) is 0. The van der Waals surface area contributed by atoms with Crippen LogP contribution in [0.1, 0.15) is 28.8 Å². The monoisotopic (exact) mass is 438 g/mol. The van der Waals surface area contributed by atoms with Crippen molar-refractivity contribution in [2.24, 2.45) is 5.92 Å². The Labute approximate surface area is 171 Å². The van der Waals surface area contributed by atoms with Crippen molar-refractivity contribution in [1.82, 2.24) is 9.78 Å². The lowest BCUT2D eigenvalue weighted by Crippen LogP contribution is -2.15. The molecule has 2 amide bonds. The first-order valence-corrected chi connectivity index (χ1v) is 9.82. The summed E-state index contributed by atoms with van der Waals surface area (Å²) < 4.78 is 2.63. The van der Waals surface area contributed by atoms with Gasteiger partial charge in [-0.1, -0.05) is 22.0 Å². The highest BCUT2D eigenvalue weighted by molar-refractivity contribution is 9.10. The van der Waals surface area contributed by atoms with E-state index in [-0.39, 0.29) is 17.7 Å². The smallest absolute Gasteiger partial charge is 0.258 e. The Hall–Kier alpha value is -2.93. The first-order valence-electron chi connectivity index (χ1n) is 9.03. The molecular formula is C21H19BrN4O2. The highest BCUT2D eigenvalue weighted by Gasteiger charge is 2.29. The second kappa shape index (κ2) is 7.59. The predicted octanol–water partition coefficient (Wildman–Crippen LogP) is 4.54. The van der Waals surface area contributed by atoms with Crippen molar-refractivity contribution in [2.75, 3.05) is 10.6 Å². The summed E-state index contributed by atoms with van der Waals surface area (Å²) in [5.41, 5.74) is 3.58. The number of anilines is 2. The number of benzene rings is 2. The van der Waals surface area contributed by atoms with Crippen molar-refractivity contribution in [3.8, 4) is 5.69 Å². The normalized spacial score (nSPS) is 13.2. The van der Waals surface area contributed by atoms with Gasteiger partial charge in [-0.25, -0.2) is 4.68 Å². The summed E-state index contributed by atoms with van der Waals surface area (Å²) in [6.45, 7) is 1.91. The molecule has 3 aromatic rings. The minimum atomic E-state index is -0.253. The van der Waals surface area contributed by atoms with Gasteiger partial charge in [-0.15, -0.1) is 0 Å². The van der Waals surface area contributed by atoms with Gasteiger partial charge in [0.15, 0.2) is 0 Å². The summed E-state index contributed by atoms with van der Waals surface area (Å²) in [6, 6.07) is 13.2. The van der Waals surface area contributed by atoms with Crippen LogP contribution in [-0.2, 0) is 4.79 Å². The van der Waals surface area contributed by atoms with Crippen LogP contribution in [0, 0.1) is 12.8 Å². The van der Waals surface area contributed by atoms with Crippen LogP contribution in [0.25, 0.3) is 5.69 Å². The fourth-order valence-corrected chi connectivity index (χ4v) is 3.06. The lowest BCUT2D eigenvalue weighted by atomic mass is 10.1. The van der Waals surface area contributed by atoms with Crippen LogP contribution in [-0.4, -0.2) is 21.6 Å². The Balaban J connectivity index is 1.48. The molecule has 1 heterocycles. The zero-order chi connectivity index (χ0) is 19.7. The molecule has 0 saturated heterocycles. The molecule has 2 N–H and O–H groups in total. The van der Waals surface area contributed by atoms with Crippen LogP contribution >= 0.6 is 15.9 Å². The number of aromatic nitrogens is 2. The molecule has 4 rings (SSSR count). The second-order valence-electron chi connectivity index (χ2n) is 6.90. The fourth-order valence-electron chi connectivity index (χ4n) is 2.79. The maximum absolute atomic E-state index is 12.7. The predicted molar refractivity (Wildman–Crippen MR) is 112 cm³/mol. The van der Waals surface area contributed by atoms with E-state index < -0.39 is 0 Å². The van der Waals surface area contributed by atoms with Crippen LogP contribution in [0.4, 0.5) is 11.4 Å². The number of hydrogen-bond donors (Lipinski definition) is 2. The molecule has 1 aliphatic carbocycles. The average Bonchev–Trinajstić information content (AvgIpc) is 3.42. The van der Waals surface area contributed by atoms with Gasteiger partial charge in [0.2, 0.25) is 5.91 Å². The molecular weight excluding hydrogens is 420 g/mol. The molecule has 2 aromatic carbocycles. The number of nitrogens with zero attached hydrogens (tertiary/aromatic N) is 2. The van der Waals surface area contributed by atoms with E-state index in [4.69, 9.17) is 0 Å². The van der Waals surface area contributed by atoms with Gasteiger partial charge in [0.05, 0.1) is 17.4 Å². The van der Waals surface area contributed by atoms with E-state index in [9.17, 15) is 9.59 Å². The SMILES string of the molecule is Cc1ccc(NC(=O)C2CC2)cc1NC(=O)c1cnn(-c2ccc(Br)cc2)c1. The third-order valence-electron chi connectivity index (χ3n) is 4.64. The topological polar surface area (TPSA) is 76.0 Å². The molecule has 6 nitrogen and oxygen atoms in total. The van der Waals surface area contributed by atoms with Crippen molar-refractivity contribution in [3.05, 3.63) is 70.5 Å². The molecule has 0 unspecified atom stereocenters. The van der Waals surface area contributed by atoms with Crippen molar-refractivity contribution in [2.45, 2.75) is 19.8 Å². The molecule has 0 spiro atoms. The molecule has 28 heavy (non-hydrogen) atoms. The number of carbonyl (C=O) groups excluding carboxylic acids is 2. The van der Waals surface area contributed by atoms with Gasteiger partial charge < -0.3 is 10.6 Å². The minimum Gasteiger partial charge on any atom is -0.326 e. The van der Waals surface area contributed by atoms with Gasteiger partial charge in [-0.3, -0.25) is 9.59 Å². The fraction of sp³-hybridized carbons (Fsp3) is 0.190. The van der Waals surface area contributed by atoms with Crippen LogP contribution in [0.5, 0.6) is 0 Å². The number of carbonyl (C=O) groups is 2. The highest BCUT2D eigenvalue weighted by Crippen LogP contribution is 2.31. The van der Waals surface area contributed by atoms with Crippen molar-refractivity contribution in [3.63, 3.8) is 0 Å². The number of aryl methyl sites for hydroxylation is 1. The average molecular weight is 439 g/mol. The van der Waals surface area contributed by atoms with Crippen LogP contribution in [0.3, 0.4) is 0 Å². The molecule has 0 bridgehead atoms. The Morgan fingerprint density at radius 1 is 1.11 bits per heavy atom. The van der Waals surface area contributed by atoms with E-state index in [1.54, 1.807) is 16.9 Å². The van der Waals surface area contributed by atoms with Crippen LogP contribution < -0.4 is 10.6 Å². The summed E-state index contributed by atoms with van der Waals surface area (Å²) in [4.78, 5) is 24.6. The van der Waals surface area contributed by atoms with Gasteiger partial charge in [-0.2, -0.15) is 5.10 Å². The highest BCUT2D eigenvalue weighted by atomic mass is 79.9. The number of nitrogens with one attached hydrogen (secondary N) is 2. The summed E-state index contributed by atoms with van der Waals surface area (Å²) in [5.74, 6) is -0.0853. The maximum atomic E-state index is 12.7. The number of rotatable bonds is 5. The summed E-state index contributed by atoms with van der Waals surface area (Å²) in [5, 5.41) is 10.1. The van der Waals surface area contributed by atoms with E-state index >= 15 is 0 Å². The van der Waals surface area contributed by atoms with Gasteiger partial charge in [0.25, 0.3) is 5.91 Å². The molecule has 0 radical (unpaired) electrons. The third kappa shape index (κ3) is 4.14. The van der Waals surface area contributed by atoms with E-state index in [1.807, 2.05) is 43.3 Å². The molecule has 1 aliphatic rings. The molecule has 1 aromatic heterocycles. The Morgan fingerprint density at radius 3 is 2.57 bits per heavy atom. The maximum Gasteiger partial charge on any atom is 0.258 e. The number of hydrogen-bond acceptors (Lipinski definition) is 3. The van der Waals surface area contributed by atoms with Crippen molar-refractivity contribution < 1.29 is 9.59 Å². The molecule has 7 heteroatoms. The van der Waals surface area contributed by atoms with Crippen molar-refractivity contribution >= 4 is 39.1 Å². The second-order valence-corrected chi connectivity index (χ2v) is 7.81. The van der Waals surface area contributed by atoms with Gasteiger partial charge >= 0.3 is 0 Å². The lowest BCUT2D eigenvalue weighted by molar-refractivity contribution is -0.117. The van der Waals surface area contributed by atoms with Gasteiger partial charge in [0, 0.05) is 28.0 Å². The Bertz CT molecular complexity index is 1040. The molecule has 142 valence electrons. The Kier molecular flexibility index (Phi) is 5.00. The molecule has 0 atom stereocenters. The number of amides is 2. The van der Waals surface area contributed by atoms with E-state index in [0.717, 1.165) is 28.6 Å². The van der Waals surface area contributed by atoms with Gasteiger partial charge in [0.1, 0.15) is 0 Å². The van der Waals surface area contributed by atoms with E-state index in [0.29, 0.717) is 16.9 Å². The quantitative estimate of drug-likeness (QED) is 0.613. The lowest BCUT2D eigenvalue weighted by Gasteiger charge is -2.11. The van der Waals surface area contributed by atoms with E-state index in [2.05, 4.69) is 31.7 Å². The molecule has 1 saturated carbocycles. The van der Waals surface area contributed by atoms with Gasteiger partial charge in [-0.05, 0) is 61.7 Å². The van der Waals surface area contributed by atoms with Crippen LogP contribution in [0.2, 0.25) is 0 Å². The first-order chi connectivity index (χ1) is 13.5.